The number of likely N-dealkylation sites (N-methyl/N-ethyl adjacent to an activating group) is 1. The molecule has 0 saturated carbocycles. The van der Waals surface area contributed by atoms with Crippen molar-refractivity contribution in [2.24, 2.45) is 0 Å². The molecule has 0 unspecified atom stereocenters. The first kappa shape index (κ1) is 19.5. The molecule has 138 valence electrons. The fourth-order valence-corrected chi connectivity index (χ4v) is 2.66. The standard InChI is InChI=1S/C21H26N2O3/c1-15-10-11-16(2)19(12-15)26-14-20(24)23(17(3)21(25)22-4)13-18-8-6-5-7-9-18/h5-12,17H,13-14H2,1-4H3,(H,22,25)/t17-/m1/s1. The van der Waals surface area contributed by atoms with Crippen LogP contribution < -0.4 is 10.1 Å². The van der Waals surface area contributed by atoms with Crippen molar-refractivity contribution in [1.29, 1.82) is 0 Å². The maximum absolute atomic E-state index is 12.8. The third-order valence-corrected chi connectivity index (χ3v) is 4.30. The van der Waals surface area contributed by atoms with Crippen LogP contribution in [0.25, 0.3) is 0 Å². The quantitative estimate of drug-likeness (QED) is 0.832. The number of aryl methyl sites for hydroxylation is 2. The van der Waals surface area contributed by atoms with E-state index in [4.69, 9.17) is 4.74 Å². The van der Waals surface area contributed by atoms with E-state index in [9.17, 15) is 9.59 Å². The third-order valence-electron chi connectivity index (χ3n) is 4.30. The van der Waals surface area contributed by atoms with Gasteiger partial charge in [-0.2, -0.15) is 0 Å². The largest absolute Gasteiger partial charge is 0.483 e. The first-order valence-corrected chi connectivity index (χ1v) is 8.67. The molecule has 1 N–H and O–H groups in total. The van der Waals surface area contributed by atoms with Gasteiger partial charge >= 0.3 is 0 Å². The van der Waals surface area contributed by atoms with Gasteiger partial charge in [0, 0.05) is 13.6 Å². The van der Waals surface area contributed by atoms with Crippen molar-refractivity contribution in [3.63, 3.8) is 0 Å². The van der Waals surface area contributed by atoms with E-state index >= 15 is 0 Å². The number of benzene rings is 2. The molecule has 5 heteroatoms. The van der Waals surface area contributed by atoms with E-state index in [1.165, 1.54) is 0 Å². The van der Waals surface area contributed by atoms with Crippen LogP contribution in [0.5, 0.6) is 5.75 Å². The molecular formula is C21H26N2O3. The van der Waals surface area contributed by atoms with Crippen LogP contribution in [0, 0.1) is 13.8 Å². The highest BCUT2D eigenvalue weighted by Gasteiger charge is 2.25. The predicted octanol–water partition coefficient (Wildman–Crippen LogP) is 2.85. The number of hydrogen-bond acceptors (Lipinski definition) is 3. The Morgan fingerprint density at radius 3 is 2.46 bits per heavy atom. The Morgan fingerprint density at radius 1 is 1.12 bits per heavy atom. The number of amides is 2. The van der Waals surface area contributed by atoms with Gasteiger partial charge in [-0.1, -0.05) is 42.5 Å². The van der Waals surface area contributed by atoms with Gasteiger partial charge in [-0.3, -0.25) is 9.59 Å². The van der Waals surface area contributed by atoms with E-state index in [0.717, 1.165) is 16.7 Å². The highest BCUT2D eigenvalue weighted by molar-refractivity contribution is 5.87. The molecule has 0 aliphatic carbocycles. The monoisotopic (exact) mass is 354 g/mol. The molecular weight excluding hydrogens is 328 g/mol. The van der Waals surface area contributed by atoms with Crippen LogP contribution in [0.2, 0.25) is 0 Å². The smallest absolute Gasteiger partial charge is 0.261 e. The maximum atomic E-state index is 12.8. The summed E-state index contributed by atoms with van der Waals surface area (Å²) in [6.45, 7) is 5.87. The minimum atomic E-state index is -0.588. The topological polar surface area (TPSA) is 58.6 Å². The molecule has 0 bridgehead atoms. The Balaban J connectivity index is 2.14. The minimum absolute atomic E-state index is 0.113. The molecule has 2 aromatic rings. The highest BCUT2D eigenvalue weighted by Crippen LogP contribution is 2.19. The lowest BCUT2D eigenvalue weighted by Crippen LogP contribution is -2.48. The zero-order valence-electron chi connectivity index (χ0n) is 15.8. The third kappa shape index (κ3) is 5.09. The van der Waals surface area contributed by atoms with E-state index in [-0.39, 0.29) is 18.4 Å². The zero-order chi connectivity index (χ0) is 19.1. The van der Waals surface area contributed by atoms with Crippen LogP contribution in [-0.2, 0) is 16.1 Å². The molecule has 5 nitrogen and oxygen atoms in total. The van der Waals surface area contributed by atoms with Crippen LogP contribution in [0.3, 0.4) is 0 Å². The van der Waals surface area contributed by atoms with Gasteiger partial charge in [0.1, 0.15) is 11.8 Å². The number of carbonyl (C=O) groups excluding carboxylic acids is 2. The van der Waals surface area contributed by atoms with Gasteiger partial charge in [0.2, 0.25) is 5.91 Å². The number of hydrogen-bond donors (Lipinski definition) is 1. The van der Waals surface area contributed by atoms with Gasteiger partial charge in [-0.25, -0.2) is 0 Å². The summed E-state index contributed by atoms with van der Waals surface area (Å²) in [6, 6.07) is 14.9. The van der Waals surface area contributed by atoms with Crippen LogP contribution in [0.1, 0.15) is 23.6 Å². The number of rotatable bonds is 7. The molecule has 0 aliphatic heterocycles. The van der Waals surface area contributed by atoms with E-state index in [2.05, 4.69) is 5.32 Å². The van der Waals surface area contributed by atoms with E-state index in [1.807, 2.05) is 62.4 Å². The molecule has 2 rings (SSSR count). The van der Waals surface area contributed by atoms with Crippen LogP contribution in [0.15, 0.2) is 48.5 Å². The van der Waals surface area contributed by atoms with Gasteiger partial charge in [0.15, 0.2) is 6.61 Å². The molecule has 0 fully saturated rings. The van der Waals surface area contributed by atoms with Crippen molar-refractivity contribution >= 4 is 11.8 Å². The van der Waals surface area contributed by atoms with Crippen molar-refractivity contribution in [3.05, 3.63) is 65.2 Å². The van der Waals surface area contributed by atoms with Crippen molar-refractivity contribution in [2.75, 3.05) is 13.7 Å². The molecule has 2 amide bonds. The fourth-order valence-electron chi connectivity index (χ4n) is 2.66. The van der Waals surface area contributed by atoms with Crippen LogP contribution >= 0.6 is 0 Å². The second-order valence-corrected chi connectivity index (χ2v) is 6.36. The summed E-state index contributed by atoms with van der Waals surface area (Å²) in [7, 11) is 1.57. The van der Waals surface area contributed by atoms with Gasteiger partial charge in [0.25, 0.3) is 5.91 Å². The lowest BCUT2D eigenvalue weighted by molar-refractivity contribution is -0.142. The predicted molar refractivity (Wildman–Crippen MR) is 102 cm³/mol. The number of nitrogens with one attached hydrogen (secondary N) is 1. The second kappa shape index (κ2) is 9.04. The molecule has 0 radical (unpaired) electrons. The first-order chi connectivity index (χ1) is 12.4. The molecule has 0 spiro atoms. The lowest BCUT2D eigenvalue weighted by atomic mass is 10.1. The van der Waals surface area contributed by atoms with Crippen molar-refractivity contribution in [2.45, 2.75) is 33.4 Å². The summed E-state index contributed by atoms with van der Waals surface area (Å²) in [4.78, 5) is 26.4. The Labute approximate surface area is 155 Å². The fraction of sp³-hybridized carbons (Fsp3) is 0.333. The maximum Gasteiger partial charge on any atom is 0.261 e. The van der Waals surface area contributed by atoms with Gasteiger partial charge in [-0.05, 0) is 43.5 Å². The van der Waals surface area contributed by atoms with E-state index in [0.29, 0.717) is 12.3 Å². The van der Waals surface area contributed by atoms with Gasteiger partial charge < -0.3 is 15.0 Å². The Bertz CT molecular complexity index is 759. The van der Waals surface area contributed by atoms with Crippen molar-refractivity contribution < 1.29 is 14.3 Å². The average Bonchev–Trinajstić information content (AvgIpc) is 2.66. The number of nitrogens with zero attached hydrogens (tertiary/aromatic N) is 1. The van der Waals surface area contributed by atoms with Crippen LogP contribution in [-0.4, -0.2) is 36.4 Å². The zero-order valence-corrected chi connectivity index (χ0v) is 15.8. The van der Waals surface area contributed by atoms with Crippen LogP contribution in [0.4, 0.5) is 0 Å². The normalized spacial score (nSPS) is 11.5. The number of ether oxygens (including phenoxy) is 1. The Hall–Kier alpha value is -2.82. The first-order valence-electron chi connectivity index (χ1n) is 8.67. The number of carbonyl (C=O) groups is 2. The SMILES string of the molecule is CNC(=O)[C@@H](C)N(Cc1ccccc1)C(=O)COc1cc(C)ccc1C. The summed E-state index contributed by atoms with van der Waals surface area (Å²) < 4.78 is 5.74. The summed E-state index contributed by atoms with van der Waals surface area (Å²) >= 11 is 0. The Kier molecular flexibility index (Phi) is 6.78. The van der Waals surface area contributed by atoms with E-state index in [1.54, 1.807) is 18.9 Å². The van der Waals surface area contributed by atoms with Crippen molar-refractivity contribution in [1.82, 2.24) is 10.2 Å². The molecule has 0 heterocycles. The van der Waals surface area contributed by atoms with Gasteiger partial charge in [-0.15, -0.1) is 0 Å². The summed E-state index contributed by atoms with van der Waals surface area (Å²) in [6.07, 6.45) is 0. The molecule has 26 heavy (non-hydrogen) atoms. The summed E-state index contributed by atoms with van der Waals surface area (Å²) in [5.41, 5.74) is 3.00. The lowest BCUT2D eigenvalue weighted by Gasteiger charge is -2.28. The molecule has 0 aromatic heterocycles. The summed E-state index contributed by atoms with van der Waals surface area (Å²) in [5.74, 6) is 0.248. The summed E-state index contributed by atoms with van der Waals surface area (Å²) in [5, 5.41) is 2.60. The van der Waals surface area contributed by atoms with E-state index < -0.39 is 6.04 Å². The Morgan fingerprint density at radius 2 is 1.81 bits per heavy atom. The molecule has 1 atom stereocenters. The average molecular weight is 354 g/mol. The molecule has 0 aliphatic rings. The highest BCUT2D eigenvalue weighted by atomic mass is 16.5. The molecule has 2 aromatic carbocycles. The molecule has 0 saturated heterocycles. The second-order valence-electron chi connectivity index (χ2n) is 6.36. The van der Waals surface area contributed by atoms with Gasteiger partial charge in [0.05, 0.1) is 0 Å². The van der Waals surface area contributed by atoms with Crippen molar-refractivity contribution in [3.8, 4) is 5.75 Å². The minimum Gasteiger partial charge on any atom is -0.483 e.